The summed E-state index contributed by atoms with van der Waals surface area (Å²) < 4.78 is 7.24. The SMILES string of the molecule is CCCn1c(C)nc2cc(Nc3ccc(OC)nn3)ccc21.O=CO. The Labute approximate surface area is 145 Å². The van der Waals surface area contributed by atoms with Gasteiger partial charge in [0.05, 0.1) is 18.1 Å². The van der Waals surface area contributed by atoms with E-state index in [4.69, 9.17) is 14.6 Å². The van der Waals surface area contributed by atoms with Gasteiger partial charge in [0, 0.05) is 18.3 Å². The summed E-state index contributed by atoms with van der Waals surface area (Å²) >= 11 is 0. The number of rotatable bonds is 5. The maximum atomic E-state index is 8.36. The predicted octanol–water partition coefficient (Wildman–Crippen LogP) is 3.00. The van der Waals surface area contributed by atoms with Crippen LogP contribution in [0.4, 0.5) is 11.5 Å². The van der Waals surface area contributed by atoms with Crippen LogP contribution in [0, 0.1) is 6.92 Å². The summed E-state index contributed by atoms with van der Waals surface area (Å²) in [6.45, 7) is 4.94. The lowest BCUT2D eigenvalue weighted by Crippen LogP contribution is -1.99. The Morgan fingerprint density at radius 3 is 2.64 bits per heavy atom. The van der Waals surface area contributed by atoms with Gasteiger partial charge >= 0.3 is 0 Å². The van der Waals surface area contributed by atoms with E-state index in [1.807, 2.05) is 25.1 Å². The molecule has 2 N–H and O–H groups in total. The molecule has 0 radical (unpaired) electrons. The second-order valence-electron chi connectivity index (χ2n) is 5.21. The lowest BCUT2D eigenvalue weighted by atomic mass is 10.2. The standard InChI is InChI=1S/C16H19N5O.CH2O2/c1-4-9-21-11(2)17-13-10-12(5-6-14(13)21)18-15-7-8-16(22-3)20-19-15;2-1-3/h5-8,10H,4,9H2,1-3H3,(H,18,19);1H,(H,2,3). The number of anilines is 2. The minimum atomic E-state index is -0.250. The number of fused-ring (bicyclic) bond motifs is 1. The molecule has 3 aromatic rings. The van der Waals surface area contributed by atoms with Gasteiger partial charge in [-0.25, -0.2) is 4.98 Å². The van der Waals surface area contributed by atoms with Crippen molar-refractivity contribution >= 4 is 29.0 Å². The number of hydrogen-bond acceptors (Lipinski definition) is 6. The maximum Gasteiger partial charge on any atom is 0.290 e. The van der Waals surface area contributed by atoms with Gasteiger partial charge < -0.3 is 19.7 Å². The van der Waals surface area contributed by atoms with Gasteiger partial charge in [0.2, 0.25) is 5.88 Å². The summed E-state index contributed by atoms with van der Waals surface area (Å²) in [6, 6.07) is 9.75. The summed E-state index contributed by atoms with van der Waals surface area (Å²) in [4.78, 5) is 13.0. The third-order valence-corrected chi connectivity index (χ3v) is 3.51. The van der Waals surface area contributed by atoms with Crippen LogP contribution in [0.25, 0.3) is 11.0 Å². The highest BCUT2D eigenvalue weighted by molar-refractivity contribution is 5.81. The van der Waals surface area contributed by atoms with Gasteiger partial charge in [0.25, 0.3) is 6.47 Å². The average Bonchev–Trinajstić information content (AvgIpc) is 2.92. The number of aryl methyl sites for hydroxylation is 2. The van der Waals surface area contributed by atoms with E-state index in [2.05, 4.69) is 38.1 Å². The molecule has 132 valence electrons. The molecule has 1 aromatic carbocycles. The van der Waals surface area contributed by atoms with Crippen LogP contribution >= 0.6 is 0 Å². The Morgan fingerprint density at radius 2 is 2.04 bits per heavy atom. The van der Waals surface area contributed by atoms with Crippen LogP contribution in [0.5, 0.6) is 5.88 Å². The van der Waals surface area contributed by atoms with E-state index in [1.54, 1.807) is 13.2 Å². The molecule has 0 saturated carbocycles. The summed E-state index contributed by atoms with van der Waals surface area (Å²) in [6.07, 6.45) is 1.09. The second-order valence-corrected chi connectivity index (χ2v) is 5.21. The molecule has 0 amide bonds. The van der Waals surface area contributed by atoms with Gasteiger partial charge in [-0.05, 0) is 37.6 Å². The molecular weight excluding hydrogens is 322 g/mol. The lowest BCUT2D eigenvalue weighted by Gasteiger charge is -2.07. The number of carbonyl (C=O) groups is 1. The number of benzene rings is 1. The average molecular weight is 343 g/mol. The van der Waals surface area contributed by atoms with Gasteiger partial charge in [-0.1, -0.05) is 6.92 Å². The number of hydrogen-bond donors (Lipinski definition) is 2. The van der Waals surface area contributed by atoms with E-state index >= 15 is 0 Å². The summed E-state index contributed by atoms with van der Waals surface area (Å²) in [7, 11) is 1.57. The Balaban J connectivity index is 0.000000701. The second kappa shape index (κ2) is 8.62. The minimum Gasteiger partial charge on any atom is -0.483 e. The molecule has 25 heavy (non-hydrogen) atoms. The number of nitrogens with zero attached hydrogens (tertiary/aromatic N) is 4. The fourth-order valence-electron chi connectivity index (χ4n) is 2.48. The van der Waals surface area contributed by atoms with Crippen LogP contribution in [-0.2, 0) is 11.3 Å². The molecule has 0 fully saturated rings. The number of aromatic nitrogens is 4. The normalized spacial score (nSPS) is 10.0. The minimum absolute atomic E-state index is 0.250. The highest BCUT2D eigenvalue weighted by atomic mass is 16.5. The van der Waals surface area contributed by atoms with Crippen molar-refractivity contribution in [2.45, 2.75) is 26.8 Å². The molecule has 2 aromatic heterocycles. The summed E-state index contributed by atoms with van der Waals surface area (Å²) in [5.41, 5.74) is 3.08. The Bertz CT molecular complexity index is 830. The van der Waals surface area contributed by atoms with E-state index in [9.17, 15) is 0 Å². The first kappa shape index (κ1) is 18.2. The molecule has 8 heteroatoms. The fraction of sp³-hybridized carbons (Fsp3) is 0.294. The van der Waals surface area contributed by atoms with Gasteiger partial charge in [-0.15, -0.1) is 10.2 Å². The van der Waals surface area contributed by atoms with Crippen molar-refractivity contribution in [3.05, 3.63) is 36.2 Å². The molecule has 0 atom stereocenters. The van der Waals surface area contributed by atoms with Crippen LogP contribution in [0.15, 0.2) is 30.3 Å². The fourth-order valence-corrected chi connectivity index (χ4v) is 2.48. The zero-order valence-corrected chi connectivity index (χ0v) is 14.4. The maximum absolute atomic E-state index is 8.36. The van der Waals surface area contributed by atoms with Crippen molar-refractivity contribution in [2.75, 3.05) is 12.4 Å². The molecule has 8 nitrogen and oxygen atoms in total. The molecule has 0 unspecified atom stereocenters. The highest BCUT2D eigenvalue weighted by Gasteiger charge is 2.08. The molecule has 0 bridgehead atoms. The predicted molar refractivity (Wildman–Crippen MR) is 95.3 cm³/mol. The lowest BCUT2D eigenvalue weighted by molar-refractivity contribution is -0.122. The van der Waals surface area contributed by atoms with Gasteiger partial charge in [0.15, 0.2) is 5.82 Å². The molecule has 3 rings (SSSR count). The molecule has 2 heterocycles. The first-order valence-electron chi connectivity index (χ1n) is 7.82. The van der Waals surface area contributed by atoms with Crippen LogP contribution < -0.4 is 10.1 Å². The van der Waals surface area contributed by atoms with Crippen LogP contribution in [-0.4, -0.2) is 38.4 Å². The third kappa shape index (κ3) is 4.43. The van der Waals surface area contributed by atoms with Crippen molar-refractivity contribution in [3.8, 4) is 5.88 Å². The zero-order chi connectivity index (χ0) is 18.2. The number of imidazole rings is 1. The smallest absolute Gasteiger partial charge is 0.290 e. The zero-order valence-electron chi connectivity index (χ0n) is 14.4. The van der Waals surface area contributed by atoms with Crippen molar-refractivity contribution in [3.63, 3.8) is 0 Å². The molecule has 0 aliphatic carbocycles. The number of ether oxygens (including phenoxy) is 1. The summed E-state index contributed by atoms with van der Waals surface area (Å²) in [5.74, 6) is 2.21. The van der Waals surface area contributed by atoms with Gasteiger partial charge in [-0.2, -0.15) is 0 Å². The molecule has 0 aliphatic heterocycles. The van der Waals surface area contributed by atoms with Crippen molar-refractivity contribution in [2.24, 2.45) is 0 Å². The van der Waals surface area contributed by atoms with E-state index < -0.39 is 0 Å². The molecule has 0 spiro atoms. The van der Waals surface area contributed by atoms with Crippen LogP contribution in [0.3, 0.4) is 0 Å². The quantitative estimate of drug-likeness (QED) is 0.687. The Morgan fingerprint density at radius 1 is 1.28 bits per heavy atom. The molecule has 0 aliphatic rings. The van der Waals surface area contributed by atoms with Crippen LogP contribution in [0.2, 0.25) is 0 Å². The first-order chi connectivity index (χ1) is 12.1. The summed E-state index contributed by atoms with van der Waals surface area (Å²) in [5, 5.41) is 18.1. The highest BCUT2D eigenvalue weighted by Crippen LogP contribution is 2.23. The van der Waals surface area contributed by atoms with E-state index in [0.717, 1.165) is 35.5 Å². The number of methoxy groups -OCH3 is 1. The van der Waals surface area contributed by atoms with Crippen molar-refractivity contribution < 1.29 is 14.6 Å². The van der Waals surface area contributed by atoms with Crippen molar-refractivity contribution in [1.29, 1.82) is 0 Å². The first-order valence-corrected chi connectivity index (χ1v) is 7.82. The van der Waals surface area contributed by atoms with E-state index in [-0.39, 0.29) is 6.47 Å². The number of nitrogens with one attached hydrogen (secondary N) is 1. The van der Waals surface area contributed by atoms with Crippen LogP contribution in [0.1, 0.15) is 19.2 Å². The van der Waals surface area contributed by atoms with Crippen molar-refractivity contribution in [1.82, 2.24) is 19.7 Å². The number of carboxylic acid groups (broad SMARTS) is 1. The molecule has 0 saturated heterocycles. The Hall–Kier alpha value is -3.16. The third-order valence-electron chi connectivity index (χ3n) is 3.51. The van der Waals surface area contributed by atoms with E-state index in [0.29, 0.717) is 11.7 Å². The largest absolute Gasteiger partial charge is 0.483 e. The van der Waals surface area contributed by atoms with Gasteiger partial charge in [-0.3, -0.25) is 4.79 Å². The van der Waals surface area contributed by atoms with E-state index in [1.165, 1.54) is 0 Å². The molecular formula is C17H21N5O3. The topological polar surface area (TPSA) is 102 Å². The Kier molecular flexibility index (Phi) is 6.27. The van der Waals surface area contributed by atoms with Gasteiger partial charge in [0.1, 0.15) is 5.82 Å². The monoisotopic (exact) mass is 343 g/mol.